The quantitative estimate of drug-likeness (QED) is 0.183. The van der Waals surface area contributed by atoms with Crippen LogP contribution in [0.3, 0.4) is 0 Å². The Morgan fingerprint density at radius 1 is 1.15 bits per heavy atom. The highest BCUT2D eigenvalue weighted by molar-refractivity contribution is 6.30. The van der Waals surface area contributed by atoms with Gasteiger partial charge in [0.2, 0.25) is 5.56 Å². The van der Waals surface area contributed by atoms with E-state index in [1.165, 1.54) is 10.6 Å². The van der Waals surface area contributed by atoms with Crippen LogP contribution in [-0.4, -0.2) is 33.2 Å². The number of ether oxygens (including phenoxy) is 1. The smallest absolute Gasteiger partial charge is 0.303 e. The fraction of sp³-hybridized carbons (Fsp3) is 0.269. The minimum Gasteiger partial charge on any atom is -0.494 e. The summed E-state index contributed by atoms with van der Waals surface area (Å²) in [5, 5.41) is 22.8. The zero-order valence-electron chi connectivity index (χ0n) is 19.1. The molecule has 34 heavy (non-hydrogen) atoms. The molecule has 0 radical (unpaired) electrons. The molecule has 0 saturated heterocycles. The summed E-state index contributed by atoms with van der Waals surface area (Å²) in [5.74, 6) is -0.351. The Morgan fingerprint density at radius 3 is 2.50 bits per heavy atom. The molecule has 0 spiro atoms. The standard InChI is InChI=1S/C26H27ClN2O5/c1-17-14-20(27)8-11-22(17)23(15-24(28-33)19-7-12-25(30)29(2)16-19)18-5-9-21(10-6-18)34-13-3-4-26(31)32/h5-12,14,16,23,33H,3-4,13,15H2,1-2H3,(H,31,32)/b28-24-. The molecule has 8 heteroatoms. The molecule has 2 N–H and O–H groups in total. The monoisotopic (exact) mass is 482 g/mol. The van der Waals surface area contributed by atoms with E-state index < -0.39 is 5.97 Å². The van der Waals surface area contributed by atoms with E-state index in [9.17, 15) is 14.8 Å². The predicted octanol–water partition coefficient (Wildman–Crippen LogP) is 4.99. The van der Waals surface area contributed by atoms with E-state index in [2.05, 4.69) is 5.16 Å². The lowest BCUT2D eigenvalue weighted by Crippen LogP contribution is -2.18. The van der Waals surface area contributed by atoms with Gasteiger partial charge < -0.3 is 19.6 Å². The van der Waals surface area contributed by atoms with E-state index in [1.807, 2.05) is 49.4 Å². The maximum atomic E-state index is 11.8. The van der Waals surface area contributed by atoms with Crippen LogP contribution >= 0.6 is 11.6 Å². The number of halogens is 1. The summed E-state index contributed by atoms with van der Waals surface area (Å²) >= 11 is 6.18. The normalized spacial score (nSPS) is 12.4. The third-order valence-corrected chi connectivity index (χ3v) is 5.87. The number of hydrogen-bond donors (Lipinski definition) is 2. The molecule has 0 aliphatic carbocycles. The molecule has 1 unspecified atom stereocenters. The number of carboxylic acid groups (broad SMARTS) is 1. The lowest BCUT2D eigenvalue weighted by molar-refractivity contribution is -0.137. The number of nitrogens with zero attached hydrogens (tertiary/aromatic N) is 2. The van der Waals surface area contributed by atoms with Crippen LogP contribution in [0.15, 0.2) is 70.7 Å². The van der Waals surface area contributed by atoms with Gasteiger partial charge in [-0.25, -0.2) is 0 Å². The van der Waals surface area contributed by atoms with Gasteiger partial charge in [0.05, 0.1) is 12.3 Å². The number of aromatic nitrogens is 1. The van der Waals surface area contributed by atoms with Crippen molar-refractivity contribution in [1.29, 1.82) is 0 Å². The van der Waals surface area contributed by atoms with Crippen LogP contribution in [0, 0.1) is 6.92 Å². The number of oxime groups is 1. The van der Waals surface area contributed by atoms with E-state index in [0.717, 1.165) is 16.7 Å². The summed E-state index contributed by atoms with van der Waals surface area (Å²) in [5.41, 5.74) is 3.97. The Bertz CT molecular complexity index is 1230. The van der Waals surface area contributed by atoms with Crippen LogP contribution in [0.1, 0.15) is 47.4 Å². The second-order valence-corrected chi connectivity index (χ2v) is 8.52. The molecular weight excluding hydrogens is 456 g/mol. The molecule has 0 amide bonds. The molecule has 0 bridgehead atoms. The molecule has 2 aromatic carbocycles. The van der Waals surface area contributed by atoms with Crippen molar-refractivity contribution in [2.24, 2.45) is 12.2 Å². The largest absolute Gasteiger partial charge is 0.494 e. The molecule has 1 heterocycles. The fourth-order valence-electron chi connectivity index (χ4n) is 3.82. The average Bonchev–Trinajstić information content (AvgIpc) is 2.81. The minimum absolute atomic E-state index is 0.0599. The van der Waals surface area contributed by atoms with Gasteiger partial charge in [-0.15, -0.1) is 0 Å². The summed E-state index contributed by atoms with van der Waals surface area (Å²) in [6.45, 7) is 2.30. The van der Waals surface area contributed by atoms with Gasteiger partial charge in [0.1, 0.15) is 5.75 Å². The molecule has 3 rings (SSSR count). The number of rotatable bonds is 10. The van der Waals surface area contributed by atoms with Crippen LogP contribution in [0.4, 0.5) is 0 Å². The maximum absolute atomic E-state index is 11.8. The van der Waals surface area contributed by atoms with Gasteiger partial charge in [-0.05, 0) is 60.4 Å². The highest BCUT2D eigenvalue weighted by Gasteiger charge is 2.21. The molecular formula is C26H27ClN2O5. The lowest BCUT2D eigenvalue weighted by atomic mass is 9.83. The third kappa shape index (κ3) is 6.48. The zero-order chi connectivity index (χ0) is 24.7. The van der Waals surface area contributed by atoms with Gasteiger partial charge in [0.25, 0.3) is 0 Å². The van der Waals surface area contributed by atoms with Crippen LogP contribution in [-0.2, 0) is 11.8 Å². The highest BCUT2D eigenvalue weighted by Crippen LogP contribution is 2.34. The molecule has 3 aromatic rings. The predicted molar refractivity (Wildman–Crippen MR) is 131 cm³/mol. The van der Waals surface area contributed by atoms with Crippen molar-refractivity contribution in [3.63, 3.8) is 0 Å². The molecule has 7 nitrogen and oxygen atoms in total. The number of hydrogen-bond acceptors (Lipinski definition) is 5. The SMILES string of the molecule is Cc1cc(Cl)ccc1C(C/C(=N/O)c1ccc(=O)n(C)c1)c1ccc(OCCCC(=O)O)cc1. The van der Waals surface area contributed by atoms with Crippen LogP contribution in [0.5, 0.6) is 5.75 Å². The first-order valence-electron chi connectivity index (χ1n) is 10.9. The summed E-state index contributed by atoms with van der Waals surface area (Å²) in [7, 11) is 1.65. The van der Waals surface area contributed by atoms with E-state index in [4.69, 9.17) is 21.4 Å². The van der Waals surface area contributed by atoms with Crippen molar-refractivity contribution in [2.75, 3.05) is 6.61 Å². The van der Waals surface area contributed by atoms with Gasteiger partial charge >= 0.3 is 5.97 Å². The van der Waals surface area contributed by atoms with Gasteiger partial charge in [0, 0.05) is 48.7 Å². The van der Waals surface area contributed by atoms with Crippen molar-refractivity contribution in [1.82, 2.24) is 4.57 Å². The van der Waals surface area contributed by atoms with Crippen molar-refractivity contribution >= 4 is 23.3 Å². The first-order chi connectivity index (χ1) is 16.3. The Kier molecular flexibility index (Phi) is 8.49. The van der Waals surface area contributed by atoms with Gasteiger partial charge in [-0.1, -0.05) is 35.0 Å². The van der Waals surface area contributed by atoms with Crippen molar-refractivity contribution in [2.45, 2.75) is 32.1 Å². The summed E-state index contributed by atoms with van der Waals surface area (Å²) < 4.78 is 7.10. The number of benzene rings is 2. The summed E-state index contributed by atoms with van der Waals surface area (Å²) in [4.78, 5) is 22.4. The van der Waals surface area contributed by atoms with Gasteiger partial charge in [0.15, 0.2) is 0 Å². The first kappa shape index (κ1) is 25.1. The maximum Gasteiger partial charge on any atom is 0.303 e. The Labute approximate surface area is 202 Å². The molecule has 1 atom stereocenters. The van der Waals surface area contributed by atoms with Crippen molar-refractivity contribution in [3.05, 3.63) is 98.4 Å². The summed E-state index contributed by atoms with van der Waals surface area (Å²) in [6, 6.07) is 16.4. The Hall–Kier alpha value is -3.58. The molecule has 178 valence electrons. The zero-order valence-corrected chi connectivity index (χ0v) is 19.8. The average molecular weight is 483 g/mol. The molecule has 0 fully saturated rings. The van der Waals surface area contributed by atoms with Crippen LogP contribution in [0.2, 0.25) is 5.02 Å². The minimum atomic E-state index is -0.847. The number of carbonyl (C=O) groups is 1. The van der Waals surface area contributed by atoms with E-state index >= 15 is 0 Å². The highest BCUT2D eigenvalue weighted by atomic mass is 35.5. The second-order valence-electron chi connectivity index (χ2n) is 8.09. The molecule has 1 aromatic heterocycles. The van der Waals surface area contributed by atoms with Crippen molar-refractivity contribution in [3.8, 4) is 5.75 Å². The number of aliphatic carboxylic acids is 1. The van der Waals surface area contributed by atoms with Crippen LogP contribution in [0.25, 0.3) is 0 Å². The number of carboxylic acids is 1. The summed E-state index contributed by atoms with van der Waals surface area (Å²) in [6.07, 6.45) is 2.52. The number of pyridine rings is 1. The van der Waals surface area contributed by atoms with Crippen LogP contribution < -0.4 is 10.3 Å². The Balaban J connectivity index is 1.90. The van der Waals surface area contributed by atoms with Gasteiger partial charge in [-0.2, -0.15) is 0 Å². The third-order valence-electron chi connectivity index (χ3n) is 5.63. The van der Waals surface area contributed by atoms with Gasteiger partial charge in [-0.3, -0.25) is 9.59 Å². The molecule has 0 aliphatic heterocycles. The number of aryl methyl sites for hydroxylation is 2. The molecule has 0 saturated carbocycles. The van der Waals surface area contributed by atoms with Crippen molar-refractivity contribution < 1.29 is 19.8 Å². The molecule has 0 aliphatic rings. The van der Waals surface area contributed by atoms with E-state index in [-0.39, 0.29) is 17.9 Å². The Morgan fingerprint density at radius 2 is 1.88 bits per heavy atom. The van der Waals surface area contributed by atoms with E-state index in [1.54, 1.807) is 19.3 Å². The second kappa shape index (κ2) is 11.5. The lowest BCUT2D eigenvalue weighted by Gasteiger charge is -2.21. The fourth-order valence-corrected chi connectivity index (χ4v) is 4.05. The topological polar surface area (TPSA) is 101 Å². The first-order valence-corrected chi connectivity index (χ1v) is 11.2. The van der Waals surface area contributed by atoms with E-state index in [0.29, 0.717) is 41.5 Å².